The number of carbonyl (C=O) groups excluding carboxylic acids is 2. The second kappa shape index (κ2) is 13.7. The Hall–Kier alpha value is -2.59. The van der Waals surface area contributed by atoms with E-state index in [4.69, 9.17) is 23.2 Å². The Balaban J connectivity index is 2.02. The Kier molecular flexibility index (Phi) is 10.8. The van der Waals surface area contributed by atoms with Crippen LogP contribution in [0.15, 0.2) is 82.2 Å². The maximum atomic E-state index is 13.9. The number of halogens is 3. The molecular formula is C28H30BrCl2N3O4S. The molecule has 7 nitrogen and oxygen atoms in total. The maximum absolute atomic E-state index is 13.9. The number of rotatable bonds is 11. The Morgan fingerprint density at radius 2 is 1.59 bits per heavy atom. The molecule has 0 spiro atoms. The first-order chi connectivity index (χ1) is 18.4. The summed E-state index contributed by atoms with van der Waals surface area (Å²) in [5.41, 5.74) is 0.948. The van der Waals surface area contributed by atoms with Gasteiger partial charge in [-0.1, -0.05) is 70.3 Å². The first-order valence-corrected chi connectivity index (χ1v) is 15.3. The van der Waals surface area contributed by atoms with E-state index in [2.05, 4.69) is 21.2 Å². The quantitative estimate of drug-likeness (QED) is 0.264. The Labute approximate surface area is 248 Å². The topological polar surface area (TPSA) is 86.8 Å². The van der Waals surface area contributed by atoms with E-state index in [1.807, 2.05) is 13.8 Å². The first-order valence-electron chi connectivity index (χ1n) is 12.3. The molecule has 0 fully saturated rings. The highest BCUT2D eigenvalue weighted by molar-refractivity contribution is 9.10. The average Bonchev–Trinajstić information content (AvgIpc) is 2.92. The number of hydrogen-bond acceptors (Lipinski definition) is 4. The Bertz CT molecular complexity index is 1410. The molecule has 0 aliphatic carbocycles. The van der Waals surface area contributed by atoms with Crippen LogP contribution in [-0.2, 0) is 26.2 Å². The Morgan fingerprint density at radius 1 is 0.949 bits per heavy atom. The standard InChI is InChI=1S/C28H30BrCl2N3O4S/c1-4-19(2)32-28(36)20(3)33(17-21-10-15-25(30)26(31)16-21)27(35)18-34(23-13-11-22(29)12-14-23)39(37,38)24-8-6-5-7-9-24/h5-16,19-20H,4,17-18H2,1-3H3,(H,32,36)/t19-,20+/m0/s1. The number of hydrogen-bond donors (Lipinski definition) is 1. The third kappa shape index (κ3) is 7.97. The lowest BCUT2D eigenvalue weighted by Crippen LogP contribution is -2.52. The third-order valence-corrected chi connectivity index (χ3v) is 9.29. The summed E-state index contributed by atoms with van der Waals surface area (Å²) in [5.74, 6) is -0.908. The van der Waals surface area contributed by atoms with Crippen LogP contribution in [0.3, 0.4) is 0 Å². The van der Waals surface area contributed by atoms with Gasteiger partial charge in [-0.15, -0.1) is 0 Å². The van der Waals surface area contributed by atoms with Gasteiger partial charge in [-0.25, -0.2) is 8.42 Å². The molecule has 1 N–H and O–H groups in total. The van der Waals surface area contributed by atoms with E-state index in [9.17, 15) is 18.0 Å². The first kappa shape index (κ1) is 30.9. The van der Waals surface area contributed by atoms with Crippen LogP contribution in [0.25, 0.3) is 0 Å². The van der Waals surface area contributed by atoms with Crippen molar-refractivity contribution < 1.29 is 18.0 Å². The second-order valence-electron chi connectivity index (χ2n) is 9.07. The molecule has 0 heterocycles. The summed E-state index contributed by atoms with van der Waals surface area (Å²) >= 11 is 15.6. The second-order valence-corrected chi connectivity index (χ2v) is 12.7. The molecule has 2 atom stereocenters. The zero-order chi connectivity index (χ0) is 28.7. The molecule has 39 heavy (non-hydrogen) atoms. The van der Waals surface area contributed by atoms with Crippen LogP contribution in [-0.4, -0.2) is 43.8 Å². The molecule has 208 valence electrons. The van der Waals surface area contributed by atoms with Crippen molar-refractivity contribution in [1.82, 2.24) is 10.2 Å². The van der Waals surface area contributed by atoms with E-state index in [1.54, 1.807) is 67.6 Å². The summed E-state index contributed by atoms with van der Waals surface area (Å²) in [7, 11) is -4.12. The van der Waals surface area contributed by atoms with Gasteiger partial charge in [-0.2, -0.15) is 0 Å². The molecule has 0 radical (unpaired) electrons. The molecule has 0 aliphatic heterocycles. The number of anilines is 1. The molecule has 11 heteroatoms. The fourth-order valence-corrected chi connectivity index (χ4v) is 5.76. The fraction of sp³-hybridized carbons (Fsp3) is 0.286. The van der Waals surface area contributed by atoms with E-state index in [0.717, 1.165) is 8.78 Å². The lowest BCUT2D eigenvalue weighted by molar-refractivity contribution is -0.139. The van der Waals surface area contributed by atoms with Gasteiger partial charge in [0.15, 0.2) is 0 Å². The van der Waals surface area contributed by atoms with Crippen LogP contribution < -0.4 is 9.62 Å². The van der Waals surface area contributed by atoms with Crippen LogP contribution >= 0.6 is 39.1 Å². The summed E-state index contributed by atoms with van der Waals surface area (Å²) in [6.45, 7) is 4.92. The van der Waals surface area contributed by atoms with Crippen LogP contribution in [0.5, 0.6) is 0 Å². The van der Waals surface area contributed by atoms with Gasteiger partial charge in [-0.3, -0.25) is 13.9 Å². The summed E-state index contributed by atoms with van der Waals surface area (Å²) < 4.78 is 29.3. The maximum Gasteiger partial charge on any atom is 0.264 e. The van der Waals surface area contributed by atoms with Crippen molar-refractivity contribution in [2.24, 2.45) is 0 Å². The summed E-state index contributed by atoms with van der Waals surface area (Å²) in [4.78, 5) is 28.4. The molecule has 0 saturated heterocycles. The van der Waals surface area contributed by atoms with Gasteiger partial charge in [0.2, 0.25) is 11.8 Å². The number of benzene rings is 3. The van der Waals surface area contributed by atoms with Crippen molar-refractivity contribution in [2.45, 2.75) is 50.7 Å². The average molecular weight is 655 g/mol. The smallest absolute Gasteiger partial charge is 0.264 e. The zero-order valence-electron chi connectivity index (χ0n) is 21.8. The van der Waals surface area contributed by atoms with Gasteiger partial charge in [0.25, 0.3) is 10.0 Å². The molecule has 0 aliphatic rings. The molecule has 0 unspecified atom stereocenters. The van der Waals surface area contributed by atoms with E-state index >= 15 is 0 Å². The minimum absolute atomic E-state index is 0.0182. The van der Waals surface area contributed by atoms with Crippen LogP contribution in [0.2, 0.25) is 10.0 Å². The monoisotopic (exact) mass is 653 g/mol. The summed E-state index contributed by atoms with van der Waals surface area (Å²) in [6.07, 6.45) is 0.714. The largest absolute Gasteiger partial charge is 0.352 e. The Morgan fingerprint density at radius 3 is 2.18 bits per heavy atom. The third-order valence-electron chi connectivity index (χ3n) is 6.23. The molecule has 3 aromatic rings. The highest BCUT2D eigenvalue weighted by atomic mass is 79.9. The number of sulfonamides is 1. The molecule has 0 bridgehead atoms. The predicted octanol–water partition coefficient (Wildman–Crippen LogP) is 6.28. The fourth-order valence-electron chi connectivity index (χ4n) is 3.74. The molecule has 0 saturated carbocycles. The zero-order valence-corrected chi connectivity index (χ0v) is 25.7. The minimum Gasteiger partial charge on any atom is -0.352 e. The van der Waals surface area contributed by atoms with Crippen molar-refractivity contribution in [3.63, 3.8) is 0 Å². The van der Waals surface area contributed by atoms with Gasteiger partial charge >= 0.3 is 0 Å². The molecule has 2 amide bonds. The highest BCUT2D eigenvalue weighted by Gasteiger charge is 2.32. The summed E-state index contributed by atoms with van der Waals surface area (Å²) in [6, 6.07) is 18.5. The molecule has 3 aromatic carbocycles. The van der Waals surface area contributed by atoms with Gasteiger partial charge in [0.05, 0.1) is 20.6 Å². The minimum atomic E-state index is -4.12. The molecule has 0 aromatic heterocycles. The van der Waals surface area contributed by atoms with Gasteiger partial charge in [-0.05, 0) is 74.4 Å². The van der Waals surface area contributed by atoms with E-state index in [-0.39, 0.29) is 23.4 Å². The van der Waals surface area contributed by atoms with Crippen molar-refractivity contribution in [3.8, 4) is 0 Å². The van der Waals surface area contributed by atoms with Crippen molar-refractivity contribution in [2.75, 3.05) is 10.8 Å². The molecule has 3 rings (SSSR count). The van der Waals surface area contributed by atoms with Crippen molar-refractivity contribution in [3.05, 3.63) is 92.9 Å². The number of carbonyl (C=O) groups is 2. The number of nitrogens with zero attached hydrogens (tertiary/aromatic N) is 2. The van der Waals surface area contributed by atoms with Gasteiger partial charge in [0, 0.05) is 17.1 Å². The lowest BCUT2D eigenvalue weighted by Gasteiger charge is -2.32. The molecular weight excluding hydrogens is 625 g/mol. The SMILES string of the molecule is CC[C@H](C)NC(=O)[C@@H](C)N(Cc1ccc(Cl)c(Cl)c1)C(=O)CN(c1ccc(Br)cc1)S(=O)(=O)c1ccccc1. The van der Waals surface area contributed by atoms with E-state index < -0.39 is 28.5 Å². The van der Waals surface area contributed by atoms with E-state index in [0.29, 0.717) is 27.7 Å². The number of nitrogens with one attached hydrogen (secondary N) is 1. The van der Waals surface area contributed by atoms with Gasteiger partial charge in [0.1, 0.15) is 12.6 Å². The van der Waals surface area contributed by atoms with Crippen LogP contribution in [0, 0.1) is 0 Å². The van der Waals surface area contributed by atoms with Gasteiger partial charge < -0.3 is 10.2 Å². The lowest BCUT2D eigenvalue weighted by atomic mass is 10.1. The normalized spacial score (nSPS) is 12.9. The number of amides is 2. The van der Waals surface area contributed by atoms with Crippen LogP contribution in [0.1, 0.15) is 32.8 Å². The van der Waals surface area contributed by atoms with E-state index in [1.165, 1.54) is 17.0 Å². The summed E-state index contributed by atoms with van der Waals surface area (Å²) in [5, 5.41) is 3.57. The predicted molar refractivity (Wildman–Crippen MR) is 159 cm³/mol. The highest BCUT2D eigenvalue weighted by Crippen LogP contribution is 2.27. The van der Waals surface area contributed by atoms with Crippen molar-refractivity contribution in [1.29, 1.82) is 0 Å². The van der Waals surface area contributed by atoms with Crippen molar-refractivity contribution >= 4 is 66.7 Å². The van der Waals surface area contributed by atoms with Crippen LogP contribution in [0.4, 0.5) is 5.69 Å².